The SMILES string of the molecule is CNC(=O)CN1CCC(NCc2cc(Cl)ccc2Cl)CC1. The lowest BCUT2D eigenvalue weighted by Crippen LogP contribution is -2.45. The third-order valence-corrected chi connectivity index (χ3v) is 4.43. The van der Waals surface area contributed by atoms with Crippen molar-refractivity contribution in [2.24, 2.45) is 0 Å². The highest BCUT2D eigenvalue weighted by atomic mass is 35.5. The zero-order chi connectivity index (χ0) is 15.2. The average Bonchev–Trinajstić information content (AvgIpc) is 2.49. The minimum atomic E-state index is 0.0760. The topological polar surface area (TPSA) is 44.4 Å². The van der Waals surface area contributed by atoms with Crippen molar-refractivity contribution in [3.63, 3.8) is 0 Å². The highest BCUT2D eigenvalue weighted by molar-refractivity contribution is 6.33. The first-order valence-corrected chi connectivity index (χ1v) is 7.94. The van der Waals surface area contributed by atoms with E-state index in [1.807, 2.05) is 12.1 Å². The van der Waals surface area contributed by atoms with Crippen LogP contribution in [-0.2, 0) is 11.3 Å². The van der Waals surface area contributed by atoms with Gasteiger partial charge in [-0.1, -0.05) is 23.2 Å². The van der Waals surface area contributed by atoms with Gasteiger partial charge in [0.15, 0.2) is 0 Å². The van der Waals surface area contributed by atoms with E-state index in [1.165, 1.54) is 0 Å². The van der Waals surface area contributed by atoms with Gasteiger partial charge in [-0.3, -0.25) is 9.69 Å². The first-order chi connectivity index (χ1) is 10.1. The van der Waals surface area contributed by atoms with Gasteiger partial charge in [-0.2, -0.15) is 0 Å². The second-order valence-corrected chi connectivity index (χ2v) is 6.18. The summed E-state index contributed by atoms with van der Waals surface area (Å²) in [5, 5.41) is 7.63. The molecular formula is C15H21Cl2N3O. The molecule has 116 valence electrons. The second-order valence-electron chi connectivity index (χ2n) is 5.34. The number of likely N-dealkylation sites (N-methyl/N-ethyl adjacent to an activating group) is 1. The maximum atomic E-state index is 11.3. The number of piperidine rings is 1. The zero-order valence-corrected chi connectivity index (χ0v) is 13.7. The Labute approximate surface area is 135 Å². The van der Waals surface area contributed by atoms with Crippen molar-refractivity contribution < 1.29 is 4.79 Å². The number of likely N-dealkylation sites (tertiary alicyclic amines) is 1. The molecule has 0 unspecified atom stereocenters. The Kier molecular flexibility index (Phi) is 6.30. The standard InChI is InChI=1S/C15H21Cl2N3O/c1-18-15(21)10-20-6-4-13(5-7-20)19-9-11-8-12(16)2-3-14(11)17/h2-3,8,13,19H,4-7,9-10H2,1H3,(H,18,21). The Hall–Kier alpha value is -0.810. The van der Waals surface area contributed by atoms with Crippen LogP contribution in [0.1, 0.15) is 18.4 Å². The number of carbonyl (C=O) groups excluding carboxylic acids is 1. The molecule has 1 aromatic carbocycles. The molecule has 6 heteroatoms. The van der Waals surface area contributed by atoms with Gasteiger partial charge >= 0.3 is 0 Å². The normalized spacial score (nSPS) is 16.9. The molecule has 0 aromatic heterocycles. The molecule has 1 aliphatic rings. The average molecular weight is 330 g/mol. The van der Waals surface area contributed by atoms with Crippen LogP contribution in [0.5, 0.6) is 0 Å². The molecule has 0 atom stereocenters. The molecule has 1 fully saturated rings. The van der Waals surface area contributed by atoms with E-state index >= 15 is 0 Å². The molecule has 1 amide bonds. The lowest BCUT2D eigenvalue weighted by Gasteiger charge is -2.32. The molecule has 2 N–H and O–H groups in total. The lowest BCUT2D eigenvalue weighted by molar-refractivity contribution is -0.122. The quantitative estimate of drug-likeness (QED) is 0.871. The molecule has 0 bridgehead atoms. The number of hydrogen-bond donors (Lipinski definition) is 2. The Morgan fingerprint density at radius 1 is 1.33 bits per heavy atom. The summed E-state index contributed by atoms with van der Waals surface area (Å²) in [6.45, 7) is 3.09. The molecule has 2 rings (SSSR count). The van der Waals surface area contributed by atoms with E-state index < -0.39 is 0 Å². The van der Waals surface area contributed by atoms with Crippen LogP contribution in [0.4, 0.5) is 0 Å². The number of nitrogens with one attached hydrogen (secondary N) is 2. The minimum Gasteiger partial charge on any atom is -0.358 e. The molecule has 1 aromatic rings. The predicted molar refractivity (Wildman–Crippen MR) is 86.8 cm³/mol. The molecule has 1 aliphatic heterocycles. The van der Waals surface area contributed by atoms with Crippen LogP contribution in [-0.4, -0.2) is 43.5 Å². The number of hydrogen-bond acceptors (Lipinski definition) is 3. The summed E-state index contributed by atoms with van der Waals surface area (Å²) in [6, 6.07) is 5.98. The first-order valence-electron chi connectivity index (χ1n) is 7.18. The van der Waals surface area contributed by atoms with Gasteiger partial charge < -0.3 is 10.6 Å². The van der Waals surface area contributed by atoms with Gasteiger partial charge in [0.1, 0.15) is 0 Å². The smallest absolute Gasteiger partial charge is 0.233 e. The van der Waals surface area contributed by atoms with Crippen LogP contribution in [0.15, 0.2) is 18.2 Å². The number of carbonyl (C=O) groups is 1. The molecule has 4 nitrogen and oxygen atoms in total. The van der Waals surface area contributed by atoms with Crippen molar-refractivity contribution in [3.05, 3.63) is 33.8 Å². The Morgan fingerprint density at radius 3 is 2.71 bits per heavy atom. The van der Waals surface area contributed by atoms with Crippen molar-refractivity contribution in [1.82, 2.24) is 15.5 Å². The van der Waals surface area contributed by atoms with Crippen LogP contribution in [0.2, 0.25) is 10.0 Å². The fraction of sp³-hybridized carbons (Fsp3) is 0.533. The Balaban J connectivity index is 1.76. The largest absolute Gasteiger partial charge is 0.358 e. The molecule has 0 radical (unpaired) electrons. The van der Waals surface area contributed by atoms with Gasteiger partial charge in [0, 0.05) is 42.8 Å². The number of rotatable bonds is 5. The van der Waals surface area contributed by atoms with Crippen molar-refractivity contribution in [3.8, 4) is 0 Å². The minimum absolute atomic E-state index is 0.0760. The van der Waals surface area contributed by atoms with Crippen LogP contribution in [0, 0.1) is 0 Å². The molecule has 0 spiro atoms. The van der Waals surface area contributed by atoms with Crippen molar-refractivity contribution in [2.45, 2.75) is 25.4 Å². The van der Waals surface area contributed by atoms with Crippen molar-refractivity contribution in [2.75, 3.05) is 26.7 Å². The van der Waals surface area contributed by atoms with Crippen LogP contribution >= 0.6 is 23.2 Å². The third kappa shape index (κ3) is 5.15. The maximum absolute atomic E-state index is 11.3. The van der Waals surface area contributed by atoms with Gasteiger partial charge in [-0.15, -0.1) is 0 Å². The number of nitrogens with zero attached hydrogens (tertiary/aromatic N) is 1. The van der Waals surface area contributed by atoms with Crippen LogP contribution < -0.4 is 10.6 Å². The summed E-state index contributed by atoms with van der Waals surface area (Å²) in [5.74, 6) is 0.0760. The summed E-state index contributed by atoms with van der Waals surface area (Å²) < 4.78 is 0. The van der Waals surface area contributed by atoms with E-state index in [4.69, 9.17) is 23.2 Å². The summed E-state index contributed by atoms with van der Waals surface area (Å²) in [7, 11) is 1.67. The van der Waals surface area contributed by atoms with E-state index in [2.05, 4.69) is 15.5 Å². The number of amides is 1. The fourth-order valence-electron chi connectivity index (χ4n) is 2.51. The lowest BCUT2D eigenvalue weighted by atomic mass is 10.0. The molecule has 0 saturated carbocycles. The van der Waals surface area contributed by atoms with E-state index in [0.29, 0.717) is 17.6 Å². The molecule has 21 heavy (non-hydrogen) atoms. The molecule has 0 aliphatic carbocycles. The fourth-order valence-corrected chi connectivity index (χ4v) is 2.89. The van der Waals surface area contributed by atoms with Gasteiger partial charge in [0.25, 0.3) is 0 Å². The van der Waals surface area contributed by atoms with E-state index in [9.17, 15) is 4.79 Å². The summed E-state index contributed by atoms with van der Waals surface area (Å²) in [6.07, 6.45) is 2.07. The number of halogens is 2. The highest BCUT2D eigenvalue weighted by Gasteiger charge is 2.20. The summed E-state index contributed by atoms with van der Waals surface area (Å²) in [5.41, 5.74) is 1.02. The van der Waals surface area contributed by atoms with Crippen molar-refractivity contribution in [1.29, 1.82) is 0 Å². The van der Waals surface area contributed by atoms with Gasteiger partial charge in [-0.25, -0.2) is 0 Å². The second kappa shape index (κ2) is 7.99. The molecular weight excluding hydrogens is 309 g/mol. The Morgan fingerprint density at radius 2 is 2.05 bits per heavy atom. The zero-order valence-electron chi connectivity index (χ0n) is 12.2. The highest BCUT2D eigenvalue weighted by Crippen LogP contribution is 2.21. The molecule has 1 heterocycles. The van der Waals surface area contributed by atoms with E-state index in [1.54, 1.807) is 13.1 Å². The summed E-state index contributed by atoms with van der Waals surface area (Å²) >= 11 is 12.1. The van der Waals surface area contributed by atoms with Gasteiger partial charge in [-0.05, 0) is 36.6 Å². The number of benzene rings is 1. The monoisotopic (exact) mass is 329 g/mol. The molecule has 1 saturated heterocycles. The van der Waals surface area contributed by atoms with Crippen LogP contribution in [0.25, 0.3) is 0 Å². The van der Waals surface area contributed by atoms with Gasteiger partial charge in [0.05, 0.1) is 6.54 Å². The Bertz CT molecular complexity index is 488. The third-order valence-electron chi connectivity index (χ3n) is 3.82. The van der Waals surface area contributed by atoms with E-state index in [-0.39, 0.29) is 5.91 Å². The van der Waals surface area contributed by atoms with Crippen LogP contribution in [0.3, 0.4) is 0 Å². The predicted octanol–water partition coefficient (Wildman–Crippen LogP) is 2.29. The first kappa shape index (κ1) is 16.6. The van der Waals surface area contributed by atoms with Gasteiger partial charge in [0.2, 0.25) is 5.91 Å². The van der Waals surface area contributed by atoms with Crippen molar-refractivity contribution >= 4 is 29.1 Å². The maximum Gasteiger partial charge on any atom is 0.233 e. The summed E-state index contributed by atoms with van der Waals surface area (Å²) in [4.78, 5) is 13.5. The van der Waals surface area contributed by atoms with E-state index in [0.717, 1.165) is 43.1 Å².